The molecule has 2 N–H and O–H groups in total. The molecule has 0 aromatic carbocycles. The fourth-order valence-electron chi connectivity index (χ4n) is 3.69. The van der Waals surface area contributed by atoms with E-state index >= 15 is 0 Å². The largest absolute Gasteiger partial charge is 0.396 e. The highest BCUT2D eigenvalue weighted by molar-refractivity contribution is 5.16. The lowest BCUT2D eigenvalue weighted by molar-refractivity contribution is -0.164. The van der Waals surface area contributed by atoms with E-state index in [0.29, 0.717) is 6.42 Å². The van der Waals surface area contributed by atoms with Crippen LogP contribution in [0.5, 0.6) is 0 Å². The molecule has 0 heterocycles. The van der Waals surface area contributed by atoms with Gasteiger partial charge in [-0.15, -0.1) is 6.58 Å². The summed E-state index contributed by atoms with van der Waals surface area (Å²) in [6.45, 7) is 3.93. The smallest absolute Gasteiger partial charge is 0.0793 e. The van der Waals surface area contributed by atoms with Gasteiger partial charge in [0.05, 0.1) is 5.60 Å². The van der Waals surface area contributed by atoms with Gasteiger partial charge in [-0.25, -0.2) is 0 Å². The molecule has 0 aromatic rings. The topological polar surface area (TPSA) is 40.5 Å². The first-order chi connectivity index (χ1) is 7.68. The number of hydrogen-bond donors (Lipinski definition) is 2. The molecule has 1 saturated carbocycles. The Kier molecular flexibility index (Phi) is 3.22. The van der Waals surface area contributed by atoms with Crippen molar-refractivity contribution in [3.63, 3.8) is 0 Å². The predicted octanol–water partition coefficient (Wildman–Crippen LogP) is 2.42. The van der Waals surface area contributed by atoms with Crippen molar-refractivity contribution >= 4 is 0 Å². The molecule has 2 heteroatoms. The second kappa shape index (κ2) is 4.34. The van der Waals surface area contributed by atoms with E-state index in [1.54, 1.807) is 0 Å². The summed E-state index contributed by atoms with van der Waals surface area (Å²) in [5.74, 6) is 0.0335. The first-order valence-electron chi connectivity index (χ1n) is 6.28. The van der Waals surface area contributed by atoms with Crippen LogP contribution in [0, 0.1) is 11.3 Å². The maximum atomic E-state index is 11.0. The van der Waals surface area contributed by atoms with Gasteiger partial charge in [-0.1, -0.05) is 24.6 Å². The van der Waals surface area contributed by atoms with Crippen molar-refractivity contribution in [2.24, 2.45) is 11.3 Å². The maximum Gasteiger partial charge on any atom is 0.0793 e. The Morgan fingerprint density at radius 2 is 2.12 bits per heavy atom. The SMILES string of the molecule is C=CC[C@]12CC=CC[C@]1(O)[C@@H](CO)CCC2. The second-order valence-electron chi connectivity index (χ2n) is 5.35. The minimum atomic E-state index is -0.719. The molecular weight excluding hydrogens is 200 g/mol. The first kappa shape index (κ1) is 11.9. The van der Waals surface area contributed by atoms with Crippen LogP contribution in [0.15, 0.2) is 24.8 Å². The van der Waals surface area contributed by atoms with E-state index in [2.05, 4.69) is 18.7 Å². The molecule has 90 valence electrons. The Hall–Kier alpha value is -0.600. The van der Waals surface area contributed by atoms with Gasteiger partial charge in [-0.05, 0) is 32.1 Å². The van der Waals surface area contributed by atoms with Crippen molar-refractivity contribution in [2.45, 2.75) is 44.1 Å². The zero-order valence-electron chi connectivity index (χ0n) is 9.86. The van der Waals surface area contributed by atoms with Gasteiger partial charge in [0, 0.05) is 17.9 Å². The van der Waals surface area contributed by atoms with E-state index in [1.807, 2.05) is 6.08 Å². The predicted molar refractivity (Wildman–Crippen MR) is 65.0 cm³/mol. The molecule has 0 saturated heterocycles. The molecule has 2 aliphatic carbocycles. The normalized spacial score (nSPS) is 42.8. The van der Waals surface area contributed by atoms with Crippen molar-refractivity contribution in [3.05, 3.63) is 24.8 Å². The van der Waals surface area contributed by atoms with Crippen molar-refractivity contribution in [2.75, 3.05) is 6.61 Å². The maximum absolute atomic E-state index is 11.0. The Bertz CT molecular complexity index is 297. The van der Waals surface area contributed by atoms with Gasteiger partial charge in [-0.3, -0.25) is 0 Å². The lowest BCUT2D eigenvalue weighted by atomic mass is 9.53. The number of allylic oxidation sites excluding steroid dienone is 2. The molecule has 0 spiro atoms. The standard InChI is InChI=1S/C14H22O2/c1-2-7-13-8-3-4-10-14(13,16)12(11-15)6-5-9-13/h2-4,12,15-16H,1,5-11H2/t12-,13-,14+/m1/s1. The Labute approximate surface area is 97.7 Å². The van der Waals surface area contributed by atoms with Crippen molar-refractivity contribution in [1.29, 1.82) is 0 Å². The van der Waals surface area contributed by atoms with E-state index in [4.69, 9.17) is 0 Å². The highest BCUT2D eigenvalue weighted by Crippen LogP contribution is 2.55. The van der Waals surface area contributed by atoms with Crippen LogP contribution in [0.3, 0.4) is 0 Å². The minimum absolute atomic E-state index is 0.0335. The van der Waals surface area contributed by atoms with Crippen LogP contribution in [0.2, 0.25) is 0 Å². The van der Waals surface area contributed by atoms with Gasteiger partial charge >= 0.3 is 0 Å². The molecule has 16 heavy (non-hydrogen) atoms. The summed E-state index contributed by atoms with van der Waals surface area (Å²) in [6, 6.07) is 0. The van der Waals surface area contributed by atoms with Gasteiger partial charge in [0.25, 0.3) is 0 Å². The monoisotopic (exact) mass is 222 g/mol. The van der Waals surface area contributed by atoms with E-state index in [-0.39, 0.29) is 17.9 Å². The van der Waals surface area contributed by atoms with Crippen molar-refractivity contribution < 1.29 is 10.2 Å². The summed E-state index contributed by atoms with van der Waals surface area (Å²) in [7, 11) is 0. The van der Waals surface area contributed by atoms with Crippen LogP contribution < -0.4 is 0 Å². The fraction of sp³-hybridized carbons (Fsp3) is 0.714. The molecule has 1 fully saturated rings. The number of hydrogen-bond acceptors (Lipinski definition) is 2. The van der Waals surface area contributed by atoms with Crippen LogP contribution in [0.4, 0.5) is 0 Å². The third-order valence-corrected chi connectivity index (χ3v) is 4.66. The molecule has 2 aliphatic rings. The van der Waals surface area contributed by atoms with E-state index in [9.17, 15) is 10.2 Å². The molecule has 0 amide bonds. The molecule has 0 aromatic heterocycles. The number of aliphatic hydroxyl groups excluding tert-OH is 1. The van der Waals surface area contributed by atoms with Crippen LogP contribution >= 0.6 is 0 Å². The van der Waals surface area contributed by atoms with Crippen molar-refractivity contribution in [3.8, 4) is 0 Å². The number of aliphatic hydroxyl groups is 2. The summed E-state index contributed by atoms with van der Waals surface area (Å²) in [6.07, 6.45) is 11.7. The lowest BCUT2D eigenvalue weighted by Gasteiger charge is -2.55. The van der Waals surface area contributed by atoms with Gasteiger partial charge < -0.3 is 10.2 Å². The van der Waals surface area contributed by atoms with Crippen LogP contribution in [0.25, 0.3) is 0 Å². The first-order valence-corrected chi connectivity index (χ1v) is 6.28. The third-order valence-electron chi connectivity index (χ3n) is 4.66. The molecule has 0 radical (unpaired) electrons. The van der Waals surface area contributed by atoms with Gasteiger partial charge in [0.1, 0.15) is 0 Å². The Morgan fingerprint density at radius 1 is 1.38 bits per heavy atom. The third kappa shape index (κ3) is 1.56. The summed E-state index contributed by atoms with van der Waals surface area (Å²) < 4.78 is 0. The quantitative estimate of drug-likeness (QED) is 0.720. The molecule has 0 aliphatic heterocycles. The molecule has 3 atom stereocenters. The summed E-state index contributed by atoms with van der Waals surface area (Å²) in [4.78, 5) is 0. The Balaban J connectivity index is 2.36. The van der Waals surface area contributed by atoms with Crippen LogP contribution in [-0.4, -0.2) is 22.4 Å². The van der Waals surface area contributed by atoms with E-state index in [0.717, 1.165) is 32.1 Å². The highest BCUT2D eigenvalue weighted by atomic mass is 16.3. The highest BCUT2D eigenvalue weighted by Gasteiger charge is 2.55. The fourth-order valence-corrected chi connectivity index (χ4v) is 3.69. The molecule has 0 unspecified atom stereocenters. The number of fused-ring (bicyclic) bond motifs is 1. The second-order valence-corrected chi connectivity index (χ2v) is 5.35. The van der Waals surface area contributed by atoms with Crippen LogP contribution in [-0.2, 0) is 0 Å². The van der Waals surface area contributed by atoms with E-state index < -0.39 is 5.60 Å². The summed E-state index contributed by atoms with van der Waals surface area (Å²) in [5.41, 5.74) is -0.794. The molecular formula is C14H22O2. The Morgan fingerprint density at radius 3 is 2.81 bits per heavy atom. The molecule has 0 bridgehead atoms. The zero-order chi connectivity index (χ0) is 11.6. The number of rotatable bonds is 3. The van der Waals surface area contributed by atoms with Crippen LogP contribution in [0.1, 0.15) is 38.5 Å². The average molecular weight is 222 g/mol. The summed E-state index contributed by atoms with van der Waals surface area (Å²) >= 11 is 0. The molecule has 2 rings (SSSR count). The molecule has 2 nitrogen and oxygen atoms in total. The van der Waals surface area contributed by atoms with Gasteiger partial charge in [0.15, 0.2) is 0 Å². The van der Waals surface area contributed by atoms with Gasteiger partial charge in [-0.2, -0.15) is 0 Å². The zero-order valence-corrected chi connectivity index (χ0v) is 9.86. The van der Waals surface area contributed by atoms with Crippen molar-refractivity contribution in [1.82, 2.24) is 0 Å². The lowest BCUT2D eigenvalue weighted by Crippen LogP contribution is -2.57. The minimum Gasteiger partial charge on any atom is -0.396 e. The summed E-state index contributed by atoms with van der Waals surface area (Å²) in [5, 5.41) is 20.4. The van der Waals surface area contributed by atoms with Gasteiger partial charge in [0.2, 0.25) is 0 Å². The van der Waals surface area contributed by atoms with E-state index in [1.165, 1.54) is 0 Å². The average Bonchev–Trinajstić information content (AvgIpc) is 2.29.